The Balaban J connectivity index is 2.29. The number of hydrogen-bond donors (Lipinski definition) is 1. The molecule has 1 fully saturated rings. The van der Waals surface area contributed by atoms with E-state index in [9.17, 15) is 4.79 Å². The van der Waals surface area contributed by atoms with E-state index in [0.29, 0.717) is 5.41 Å². The molecule has 0 aromatic carbocycles. The lowest BCUT2D eigenvalue weighted by molar-refractivity contribution is -0.148. The molecule has 0 amide bonds. The van der Waals surface area contributed by atoms with Crippen molar-refractivity contribution < 1.29 is 9.53 Å². The smallest absolute Gasteiger partial charge is 0.325 e. The van der Waals surface area contributed by atoms with E-state index >= 15 is 0 Å². The highest BCUT2D eigenvalue weighted by molar-refractivity contribution is 5.80. The fraction of sp³-hybridized carbons (Fsp3) is 0.938. The Labute approximate surface area is 124 Å². The SMILES string of the molecule is CNC(C)(CCCCN1CCCC(C)(C)C1)C(=O)OC. The van der Waals surface area contributed by atoms with Gasteiger partial charge in [0.05, 0.1) is 7.11 Å². The van der Waals surface area contributed by atoms with E-state index in [1.807, 2.05) is 14.0 Å². The molecule has 4 heteroatoms. The molecule has 118 valence electrons. The normalized spacial score (nSPS) is 22.2. The third-order valence-electron chi connectivity index (χ3n) is 4.57. The Kier molecular flexibility index (Phi) is 6.46. The van der Waals surface area contributed by atoms with Crippen molar-refractivity contribution >= 4 is 5.97 Å². The summed E-state index contributed by atoms with van der Waals surface area (Å²) in [5.41, 5.74) is -0.0837. The van der Waals surface area contributed by atoms with Crippen LogP contribution in [0.3, 0.4) is 0 Å². The number of nitrogens with zero attached hydrogens (tertiary/aromatic N) is 1. The molecule has 1 rings (SSSR count). The number of ether oxygens (including phenoxy) is 1. The second-order valence-electron chi connectivity index (χ2n) is 7.07. The molecule has 0 saturated carbocycles. The van der Waals surface area contributed by atoms with E-state index in [4.69, 9.17) is 4.74 Å². The van der Waals surface area contributed by atoms with Gasteiger partial charge in [-0.25, -0.2) is 0 Å². The Morgan fingerprint density at radius 2 is 2.10 bits per heavy atom. The summed E-state index contributed by atoms with van der Waals surface area (Å²) in [6.07, 6.45) is 5.66. The van der Waals surface area contributed by atoms with Gasteiger partial charge in [-0.2, -0.15) is 0 Å². The molecule has 1 unspecified atom stereocenters. The fourth-order valence-electron chi connectivity index (χ4n) is 3.10. The molecule has 1 aliphatic rings. The third-order valence-corrected chi connectivity index (χ3v) is 4.57. The van der Waals surface area contributed by atoms with Crippen LogP contribution >= 0.6 is 0 Å². The Morgan fingerprint density at radius 3 is 2.65 bits per heavy atom. The highest BCUT2D eigenvalue weighted by atomic mass is 16.5. The zero-order chi connectivity index (χ0) is 15.2. The number of esters is 1. The molecular weight excluding hydrogens is 252 g/mol. The second-order valence-corrected chi connectivity index (χ2v) is 7.07. The summed E-state index contributed by atoms with van der Waals surface area (Å²) in [5.74, 6) is -0.167. The monoisotopic (exact) mass is 284 g/mol. The summed E-state index contributed by atoms with van der Waals surface area (Å²) in [7, 11) is 3.28. The Bertz CT molecular complexity index is 318. The number of likely N-dealkylation sites (tertiary alicyclic amines) is 1. The first-order valence-corrected chi connectivity index (χ1v) is 7.83. The van der Waals surface area contributed by atoms with Crippen LogP contribution in [0.25, 0.3) is 0 Å². The summed E-state index contributed by atoms with van der Waals surface area (Å²) in [6.45, 7) is 10.2. The molecule has 0 aliphatic carbocycles. The van der Waals surface area contributed by atoms with Gasteiger partial charge in [0.15, 0.2) is 0 Å². The van der Waals surface area contributed by atoms with Gasteiger partial charge in [0.25, 0.3) is 0 Å². The lowest BCUT2D eigenvalue weighted by Crippen LogP contribution is -2.48. The van der Waals surface area contributed by atoms with Crippen molar-refractivity contribution in [2.75, 3.05) is 33.8 Å². The van der Waals surface area contributed by atoms with Crippen LogP contribution in [0, 0.1) is 5.41 Å². The molecule has 0 spiro atoms. The second kappa shape index (κ2) is 7.41. The van der Waals surface area contributed by atoms with Gasteiger partial charge >= 0.3 is 5.97 Å². The zero-order valence-electron chi connectivity index (χ0n) is 13.9. The van der Waals surface area contributed by atoms with Crippen molar-refractivity contribution in [2.45, 2.75) is 58.4 Å². The van der Waals surface area contributed by atoms with E-state index in [1.165, 1.54) is 33.0 Å². The average molecular weight is 284 g/mol. The predicted molar refractivity (Wildman–Crippen MR) is 82.8 cm³/mol. The molecular formula is C16H32N2O2. The number of hydrogen-bond acceptors (Lipinski definition) is 4. The van der Waals surface area contributed by atoms with Gasteiger partial charge in [-0.05, 0) is 64.6 Å². The van der Waals surface area contributed by atoms with Gasteiger partial charge in [-0.15, -0.1) is 0 Å². The maximum Gasteiger partial charge on any atom is 0.325 e. The minimum Gasteiger partial charge on any atom is -0.468 e. The molecule has 1 aliphatic heterocycles. The Morgan fingerprint density at radius 1 is 1.40 bits per heavy atom. The van der Waals surface area contributed by atoms with Crippen LogP contribution in [0.4, 0.5) is 0 Å². The molecule has 1 heterocycles. The largest absolute Gasteiger partial charge is 0.468 e. The molecule has 1 N–H and O–H groups in total. The number of carbonyl (C=O) groups excluding carboxylic acids is 1. The molecule has 1 atom stereocenters. The summed E-state index contributed by atoms with van der Waals surface area (Å²) in [4.78, 5) is 14.3. The standard InChI is InChI=1S/C16H32N2O2/c1-15(2)9-8-12-18(13-15)11-7-6-10-16(3,17-4)14(19)20-5/h17H,6-13H2,1-5H3. The summed E-state index contributed by atoms with van der Waals surface area (Å²) >= 11 is 0. The quantitative estimate of drug-likeness (QED) is 0.576. The van der Waals surface area contributed by atoms with Crippen molar-refractivity contribution in [1.29, 1.82) is 0 Å². The summed E-state index contributed by atoms with van der Waals surface area (Å²) in [5, 5.41) is 3.09. The van der Waals surface area contributed by atoms with Gasteiger partial charge in [0.1, 0.15) is 5.54 Å². The lowest BCUT2D eigenvalue weighted by Gasteiger charge is -2.38. The van der Waals surface area contributed by atoms with E-state index < -0.39 is 5.54 Å². The van der Waals surface area contributed by atoms with Crippen LogP contribution in [-0.4, -0.2) is 50.2 Å². The van der Waals surface area contributed by atoms with Crippen LogP contribution in [0.5, 0.6) is 0 Å². The Hall–Kier alpha value is -0.610. The van der Waals surface area contributed by atoms with Crippen molar-refractivity contribution in [3.8, 4) is 0 Å². The molecule has 1 saturated heterocycles. The lowest BCUT2D eigenvalue weighted by atomic mass is 9.84. The van der Waals surface area contributed by atoms with Crippen LogP contribution in [-0.2, 0) is 9.53 Å². The van der Waals surface area contributed by atoms with Gasteiger partial charge in [0.2, 0.25) is 0 Å². The van der Waals surface area contributed by atoms with Gasteiger partial charge < -0.3 is 15.0 Å². The molecule has 20 heavy (non-hydrogen) atoms. The molecule has 0 aromatic rings. The average Bonchev–Trinajstić information content (AvgIpc) is 2.41. The first-order chi connectivity index (χ1) is 9.33. The number of methoxy groups -OCH3 is 1. The van der Waals surface area contributed by atoms with Crippen LogP contribution in [0.2, 0.25) is 0 Å². The van der Waals surface area contributed by atoms with Gasteiger partial charge in [-0.3, -0.25) is 4.79 Å². The predicted octanol–water partition coefficient (Wildman–Crippen LogP) is 2.43. The molecule has 0 aromatic heterocycles. The van der Waals surface area contributed by atoms with E-state index in [0.717, 1.165) is 25.8 Å². The van der Waals surface area contributed by atoms with Crippen LogP contribution < -0.4 is 5.32 Å². The maximum absolute atomic E-state index is 11.8. The van der Waals surface area contributed by atoms with Gasteiger partial charge in [0, 0.05) is 6.54 Å². The van der Waals surface area contributed by atoms with Crippen LogP contribution in [0.1, 0.15) is 52.9 Å². The summed E-state index contributed by atoms with van der Waals surface area (Å²) in [6, 6.07) is 0. The number of likely N-dealkylation sites (N-methyl/N-ethyl adjacent to an activating group) is 1. The van der Waals surface area contributed by atoms with E-state index in [1.54, 1.807) is 0 Å². The molecule has 4 nitrogen and oxygen atoms in total. The number of carbonyl (C=O) groups is 1. The van der Waals surface area contributed by atoms with Crippen molar-refractivity contribution in [3.63, 3.8) is 0 Å². The fourth-order valence-corrected chi connectivity index (χ4v) is 3.10. The number of rotatable bonds is 7. The van der Waals surface area contributed by atoms with Crippen molar-refractivity contribution in [3.05, 3.63) is 0 Å². The van der Waals surface area contributed by atoms with E-state index in [2.05, 4.69) is 24.1 Å². The van der Waals surface area contributed by atoms with E-state index in [-0.39, 0.29) is 5.97 Å². The van der Waals surface area contributed by atoms with Crippen molar-refractivity contribution in [1.82, 2.24) is 10.2 Å². The topological polar surface area (TPSA) is 41.6 Å². The first-order valence-electron chi connectivity index (χ1n) is 7.83. The molecule has 0 radical (unpaired) electrons. The summed E-state index contributed by atoms with van der Waals surface area (Å²) < 4.78 is 4.87. The minimum absolute atomic E-state index is 0.167. The van der Waals surface area contributed by atoms with Gasteiger partial charge in [-0.1, -0.05) is 13.8 Å². The van der Waals surface area contributed by atoms with Crippen molar-refractivity contribution in [2.24, 2.45) is 5.41 Å². The zero-order valence-corrected chi connectivity index (χ0v) is 13.9. The first kappa shape index (κ1) is 17.4. The van der Waals surface area contributed by atoms with Crippen LogP contribution in [0.15, 0.2) is 0 Å². The number of unbranched alkanes of at least 4 members (excludes halogenated alkanes) is 1. The number of piperidine rings is 1. The highest BCUT2D eigenvalue weighted by Gasteiger charge is 2.32. The number of nitrogens with one attached hydrogen (secondary N) is 1. The third kappa shape index (κ3) is 5.06. The minimum atomic E-state index is -0.546. The highest BCUT2D eigenvalue weighted by Crippen LogP contribution is 2.28. The molecule has 0 bridgehead atoms. The maximum atomic E-state index is 11.8.